The molecule has 7 nitrogen and oxygen atoms in total. The molecule has 0 unspecified atom stereocenters. The average molecular weight is 362 g/mol. The van der Waals surface area contributed by atoms with Gasteiger partial charge in [-0.1, -0.05) is 0 Å². The van der Waals surface area contributed by atoms with E-state index in [2.05, 4.69) is 10.0 Å². The van der Waals surface area contributed by atoms with E-state index in [-0.39, 0.29) is 10.8 Å². The normalized spacial score (nSPS) is 13.6. The van der Waals surface area contributed by atoms with Gasteiger partial charge in [0.25, 0.3) is 10.0 Å². The molecule has 8 heteroatoms. The molecule has 2 N–H and O–H groups in total. The molecule has 2 aromatic rings. The van der Waals surface area contributed by atoms with Crippen LogP contribution in [-0.4, -0.2) is 27.5 Å². The number of benzene rings is 2. The molecule has 25 heavy (non-hydrogen) atoms. The molecule has 0 aromatic heterocycles. The van der Waals surface area contributed by atoms with Crippen molar-refractivity contribution >= 4 is 27.3 Å². The Morgan fingerprint density at radius 2 is 1.60 bits per heavy atom. The Bertz CT molecular complexity index is 878. The molecule has 0 saturated carbocycles. The number of hydrogen-bond donors (Lipinski definition) is 2. The predicted molar refractivity (Wildman–Crippen MR) is 93.6 cm³/mol. The first-order valence-corrected chi connectivity index (χ1v) is 9.22. The highest BCUT2D eigenvalue weighted by Crippen LogP contribution is 2.32. The number of carbonyl (C=O) groups excluding carboxylic acids is 1. The Kier molecular flexibility index (Phi) is 4.80. The van der Waals surface area contributed by atoms with E-state index in [9.17, 15) is 13.2 Å². The predicted octanol–water partition coefficient (Wildman–Crippen LogP) is 2.61. The Morgan fingerprint density at radius 3 is 2.28 bits per heavy atom. The van der Waals surface area contributed by atoms with E-state index in [1.54, 1.807) is 30.3 Å². The number of carbonyl (C=O) groups is 1. The highest BCUT2D eigenvalue weighted by atomic mass is 32.2. The van der Waals surface area contributed by atoms with Crippen LogP contribution < -0.4 is 19.5 Å². The van der Waals surface area contributed by atoms with E-state index in [1.165, 1.54) is 19.1 Å². The zero-order valence-corrected chi connectivity index (χ0v) is 14.4. The molecule has 132 valence electrons. The Morgan fingerprint density at radius 1 is 0.960 bits per heavy atom. The SMILES string of the molecule is CC(=O)Nc1ccc(NS(=O)(=O)c2ccc3c(c2)OCCCO3)cc1. The van der Waals surface area contributed by atoms with Gasteiger partial charge in [-0.05, 0) is 36.4 Å². The summed E-state index contributed by atoms with van der Waals surface area (Å²) in [4.78, 5) is 11.1. The lowest BCUT2D eigenvalue weighted by Crippen LogP contribution is -2.13. The summed E-state index contributed by atoms with van der Waals surface area (Å²) in [5.74, 6) is 0.762. The number of rotatable bonds is 4. The number of nitrogens with one attached hydrogen (secondary N) is 2. The molecule has 0 spiro atoms. The molecule has 2 aromatic carbocycles. The van der Waals surface area contributed by atoms with Crippen LogP contribution in [0.15, 0.2) is 47.4 Å². The topological polar surface area (TPSA) is 93.7 Å². The standard InChI is InChI=1S/C17H18N2O5S/c1-12(20)18-13-3-5-14(6-4-13)19-25(21,22)15-7-8-16-17(11-15)24-10-2-9-23-16/h3-8,11,19H,2,9-10H2,1H3,(H,18,20). The number of hydrogen-bond acceptors (Lipinski definition) is 5. The van der Waals surface area contributed by atoms with Crippen LogP contribution in [0.3, 0.4) is 0 Å². The lowest BCUT2D eigenvalue weighted by molar-refractivity contribution is -0.114. The van der Waals surface area contributed by atoms with Crippen molar-refractivity contribution in [2.45, 2.75) is 18.2 Å². The van der Waals surface area contributed by atoms with Gasteiger partial charge in [-0.3, -0.25) is 9.52 Å². The monoisotopic (exact) mass is 362 g/mol. The number of ether oxygens (including phenoxy) is 2. The van der Waals surface area contributed by atoms with Crippen molar-refractivity contribution in [1.82, 2.24) is 0 Å². The van der Waals surface area contributed by atoms with Crippen molar-refractivity contribution < 1.29 is 22.7 Å². The molecular weight excluding hydrogens is 344 g/mol. The van der Waals surface area contributed by atoms with E-state index in [0.29, 0.717) is 36.1 Å². The summed E-state index contributed by atoms with van der Waals surface area (Å²) in [5, 5.41) is 2.62. The maximum absolute atomic E-state index is 12.6. The summed E-state index contributed by atoms with van der Waals surface area (Å²) in [6.45, 7) is 2.42. The first-order valence-electron chi connectivity index (χ1n) is 7.74. The second-order valence-corrected chi connectivity index (χ2v) is 7.21. The molecule has 0 atom stereocenters. The maximum atomic E-state index is 12.6. The van der Waals surface area contributed by atoms with Gasteiger partial charge in [-0.2, -0.15) is 0 Å². The molecule has 0 radical (unpaired) electrons. The first kappa shape index (κ1) is 17.1. The molecule has 3 rings (SSSR count). The van der Waals surface area contributed by atoms with Gasteiger partial charge in [0.15, 0.2) is 11.5 Å². The summed E-state index contributed by atoms with van der Waals surface area (Å²) >= 11 is 0. The molecule has 1 aliphatic heterocycles. The highest BCUT2D eigenvalue weighted by Gasteiger charge is 2.19. The fourth-order valence-electron chi connectivity index (χ4n) is 2.35. The molecule has 1 aliphatic rings. The second-order valence-electron chi connectivity index (χ2n) is 5.52. The Labute approximate surface area is 146 Å². The minimum absolute atomic E-state index is 0.0858. The summed E-state index contributed by atoms with van der Waals surface area (Å²) in [6, 6.07) is 10.9. The van der Waals surface area contributed by atoms with Crippen molar-refractivity contribution in [2.24, 2.45) is 0 Å². The number of fused-ring (bicyclic) bond motifs is 1. The van der Waals surface area contributed by atoms with Gasteiger partial charge in [0.1, 0.15) is 0 Å². The highest BCUT2D eigenvalue weighted by molar-refractivity contribution is 7.92. The van der Waals surface area contributed by atoms with Crippen molar-refractivity contribution in [3.05, 3.63) is 42.5 Å². The molecule has 0 fully saturated rings. The van der Waals surface area contributed by atoms with Crippen molar-refractivity contribution in [1.29, 1.82) is 0 Å². The van der Waals surface area contributed by atoms with Crippen LogP contribution in [0.4, 0.5) is 11.4 Å². The summed E-state index contributed by atoms with van der Waals surface area (Å²) in [5.41, 5.74) is 0.979. The Balaban J connectivity index is 1.80. The van der Waals surface area contributed by atoms with Crippen molar-refractivity contribution in [2.75, 3.05) is 23.3 Å². The van der Waals surface area contributed by atoms with Gasteiger partial charge in [0.05, 0.1) is 18.1 Å². The summed E-state index contributed by atoms with van der Waals surface area (Å²) in [7, 11) is -3.77. The fraction of sp³-hybridized carbons (Fsp3) is 0.235. The van der Waals surface area contributed by atoms with Gasteiger partial charge in [0.2, 0.25) is 5.91 Å². The molecule has 1 amide bonds. The van der Waals surface area contributed by atoms with Gasteiger partial charge >= 0.3 is 0 Å². The van der Waals surface area contributed by atoms with E-state index in [0.717, 1.165) is 6.42 Å². The van der Waals surface area contributed by atoms with E-state index in [1.807, 2.05) is 0 Å². The molecular formula is C17H18N2O5S. The third-order valence-corrected chi connectivity index (χ3v) is 4.87. The van der Waals surface area contributed by atoms with E-state index >= 15 is 0 Å². The van der Waals surface area contributed by atoms with Gasteiger partial charge in [0, 0.05) is 30.8 Å². The van der Waals surface area contributed by atoms with Gasteiger partial charge in [-0.15, -0.1) is 0 Å². The van der Waals surface area contributed by atoms with E-state index < -0.39 is 10.0 Å². The van der Waals surface area contributed by atoms with Crippen LogP contribution in [0.5, 0.6) is 11.5 Å². The number of amides is 1. The third-order valence-electron chi connectivity index (χ3n) is 3.49. The molecule has 1 heterocycles. The largest absolute Gasteiger partial charge is 0.490 e. The summed E-state index contributed by atoms with van der Waals surface area (Å²) in [6.07, 6.45) is 0.746. The minimum Gasteiger partial charge on any atom is -0.490 e. The fourth-order valence-corrected chi connectivity index (χ4v) is 3.42. The molecule has 0 saturated heterocycles. The lowest BCUT2D eigenvalue weighted by atomic mass is 10.3. The third kappa shape index (κ3) is 4.21. The first-order chi connectivity index (χ1) is 11.9. The number of anilines is 2. The van der Waals surface area contributed by atoms with Crippen LogP contribution in [0, 0.1) is 0 Å². The van der Waals surface area contributed by atoms with Crippen LogP contribution in [0.25, 0.3) is 0 Å². The lowest BCUT2D eigenvalue weighted by Gasteiger charge is -2.12. The van der Waals surface area contributed by atoms with Gasteiger partial charge in [-0.25, -0.2) is 8.42 Å². The quantitative estimate of drug-likeness (QED) is 0.872. The average Bonchev–Trinajstić information content (AvgIpc) is 2.80. The van der Waals surface area contributed by atoms with Crippen LogP contribution in [0.1, 0.15) is 13.3 Å². The zero-order chi connectivity index (χ0) is 17.9. The molecule has 0 bridgehead atoms. The smallest absolute Gasteiger partial charge is 0.262 e. The number of sulfonamides is 1. The zero-order valence-electron chi connectivity index (χ0n) is 13.6. The summed E-state index contributed by atoms with van der Waals surface area (Å²) < 4.78 is 38.7. The van der Waals surface area contributed by atoms with E-state index in [4.69, 9.17) is 9.47 Å². The minimum atomic E-state index is -3.77. The van der Waals surface area contributed by atoms with Crippen molar-refractivity contribution in [3.63, 3.8) is 0 Å². The van der Waals surface area contributed by atoms with Gasteiger partial charge < -0.3 is 14.8 Å². The molecule has 0 aliphatic carbocycles. The van der Waals surface area contributed by atoms with Crippen LogP contribution >= 0.6 is 0 Å². The second kappa shape index (κ2) is 7.02. The van der Waals surface area contributed by atoms with Crippen LogP contribution in [-0.2, 0) is 14.8 Å². The van der Waals surface area contributed by atoms with Crippen molar-refractivity contribution in [3.8, 4) is 11.5 Å². The Hall–Kier alpha value is -2.74. The van der Waals surface area contributed by atoms with Crippen LogP contribution in [0.2, 0.25) is 0 Å². The maximum Gasteiger partial charge on any atom is 0.262 e.